The van der Waals surface area contributed by atoms with Gasteiger partial charge in [0.15, 0.2) is 0 Å². The Labute approximate surface area is 117 Å². The van der Waals surface area contributed by atoms with Crippen molar-refractivity contribution in [3.8, 4) is 0 Å². The number of rotatable bonds is 2. The summed E-state index contributed by atoms with van der Waals surface area (Å²) in [7, 11) is -3.60. The van der Waals surface area contributed by atoms with E-state index in [1.807, 2.05) is 19.1 Å². The normalized spacial score (nSPS) is 18.9. The molecule has 2 heterocycles. The molecule has 5 nitrogen and oxygen atoms in total. The van der Waals surface area contributed by atoms with Crippen LogP contribution in [0.5, 0.6) is 0 Å². The van der Waals surface area contributed by atoms with Crippen molar-refractivity contribution < 1.29 is 13.5 Å². The van der Waals surface area contributed by atoms with Gasteiger partial charge in [-0.1, -0.05) is 12.1 Å². The second-order valence-electron chi connectivity index (χ2n) is 5.61. The third-order valence-corrected chi connectivity index (χ3v) is 5.29. The molecular weight excluding hydrogens is 276 g/mol. The molecule has 0 radical (unpaired) electrons. The first-order valence-corrected chi connectivity index (χ1v) is 7.82. The highest BCUT2D eigenvalue weighted by molar-refractivity contribution is 7.89. The first-order chi connectivity index (χ1) is 9.29. The third kappa shape index (κ3) is 2.09. The monoisotopic (exact) mass is 292 g/mol. The van der Waals surface area contributed by atoms with Crippen LogP contribution in [-0.4, -0.2) is 41.5 Å². The summed E-state index contributed by atoms with van der Waals surface area (Å²) in [4.78, 5) is 4.46. The fraction of sp³-hybridized carbons (Fsp3) is 0.357. The van der Waals surface area contributed by atoms with Crippen molar-refractivity contribution in [1.82, 2.24) is 9.29 Å². The lowest BCUT2D eigenvalue weighted by Gasteiger charge is -2.42. The lowest BCUT2D eigenvalue weighted by atomic mass is 10.0. The maximum Gasteiger partial charge on any atom is 0.245 e. The topological polar surface area (TPSA) is 70.5 Å². The van der Waals surface area contributed by atoms with Crippen LogP contribution in [0.3, 0.4) is 0 Å². The minimum atomic E-state index is -3.60. The molecule has 0 saturated carbocycles. The number of hydrogen-bond acceptors (Lipinski definition) is 4. The molecule has 0 unspecified atom stereocenters. The number of fused-ring (bicyclic) bond motifs is 1. The van der Waals surface area contributed by atoms with Crippen LogP contribution in [0.25, 0.3) is 10.9 Å². The van der Waals surface area contributed by atoms with Crippen molar-refractivity contribution in [2.75, 3.05) is 13.1 Å². The van der Waals surface area contributed by atoms with Crippen molar-refractivity contribution in [2.45, 2.75) is 24.3 Å². The van der Waals surface area contributed by atoms with Crippen LogP contribution in [0.1, 0.15) is 12.5 Å². The summed E-state index contributed by atoms with van der Waals surface area (Å²) < 4.78 is 26.4. The first kappa shape index (κ1) is 13.5. The molecule has 0 amide bonds. The molecule has 2 aromatic rings. The summed E-state index contributed by atoms with van der Waals surface area (Å²) in [5, 5.41) is 10.5. The molecule has 1 aliphatic rings. The summed E-state index contributed by atoms with van der Waals surface area (Å²) in [6.45, 7) is 3.79. The van der Waals surface area contributed by atoms with Gasteiger partial charge >= 0.3 is 0 Å². The SMILES string of the molecule is Cc1cnc2c(S(=O)(=O)N3CC(C)(O)C3)cccc2c1. The van der Waals surface area contributed by atoms with E-state index in [9.17, 15) is 13.5 Å². The molecule has 1 aromatic heterocycles. The Hall–Kier alpha value is -1.50. The highest BCUT2D eigenvalue weighted by Crippen LogP contribution is 2.30. The van der Waals surface area contributed by atoms with Gasteiger partial charge in [-0.3, -0.25) is 4.98 Å². The van der Waals surface area contributed by atoms with Crippen LogP contribution in [0.15, 0.2) is 35.4 Å². The van der Waals surface area contributed by atoms with E-state index in [0.29, 0.717) is 5.52 Å². The maximum absolute atomic E-state index is 12.6. The lowest BCUT2D eigenvalue weighted by molar-refractivity contribution is -0.0426. The molecule has 0 aliphatic carbocycles. The molecule has 1 aliphatic heterocycles. The van der Waals surface area contributed by atoms with Crippen LogP contribution in [0.2, 0.25) is 0 Å². The number of aliphatic hydroxyl groups is 1. The molecule has 6 heteroatoms. The summed E-state index contributed by atoms with van der Waals surface area (Å²) in [5.74, 6) is 0. The molecular formula is C14H16N2O3S. The predicted molar refractivity (Wildman–Crippen MR) is 75.9 cm³/mol. The minimum Gasteiger partial charge on any atom is -0.387 e. The molecule has 1 fully saturated rings. The molecule has 1 aromatic carbocycles. The molecule has 1 saturated heterocycles. The third-order valence-electron chi connectivity index (χ3n) is 3.46. The molecule has 0 bridgehead atoms. The predicted octanol–water partition coefficient (Wildman–Crippen LogP) is 1.30. The fourth-order valence-electron chi connectivity index (χ4n) is 2.47. The van der Waals surface area contributed by atoms with Crippen molar-refractivity contribution in [1.29, 1.82) is 0 Å². The van der Waals surface area contributed by atoms with E-state index in [0.717, 1.165) is 10.9 Å². The summed E-state index contributed by atoms with van der Waals surface area (Å²) in [6.07, 6.45) is 1.66. The van der Waals surface area contributed by atoms with E-state index in [1.165, 1.54) is 4.31 Å². The van der Waals surface area contributed by atoms with Crippen LogP contribution in [0, 0.1) is 6.92 Å². The number of aromatic nitrogens is 1. The number of nitrogens with zero attached hydrogens (tertiary/aromatic N) is 2. The van der Waals surface area contributed by atoms with Crippen LogP contribution >= 0.6 is 0 Å². The second kappa shape index (κ2) is 4.25. The number of aryl methyl sites for hydroxylation is 1. The molecule has 3 rings (SSSR count). The first-order valence-electron chi connectivity index (χ1n) is 6.38. The van der Waals surface area contributed by atoms with Gasteiger partial charge in [0, 0.05) is 24.7 Å². The number of hydrogen-bond donors (Lipinski definition) is 1. The molecule has 106 valence electrons. The lowest BCUT2D eigenvalue weighted by Crippen LogP contribution is -2.61. The van der Waals surface area contributed by atoms with Crippen molar-refractivity contribution >= 4 is 20.9 Å². The zero-order valence-corrected chi connectivity index (χ0v) is 12.2. The van der Waals surface area contributed by atoms with Crippen molar-refractivity contribution in [3.63, 3.8) is 0 Å². The molecule has 0 atom stereocenters. The van der Waals surface area contributed by atoms with Crippen molar-refractivity contribution in [3.05, 3.63) is 36.0 Å². The van der Waals surface area contributed by atoms with Gasteiger partial charge in [-0.05, 0) is 31.5 Å². The van der Waals surface area contributed by atoms with Crippen LogP contribution in [-0.2, 0) is 10.0 Å². The number of β-amino-alcohol motifs (C(OH)–C–C–N with tert-alkyl or cyclic N) is 1. The number of sulfonamides is 1. The van der Waals surface area contributed by atoms with Gasteiger partial charge in [-0.2, -0.15) is 4.31 Å². The number of pyridine rings is 1. The van der Waals surface area contributed by atoms with E-state index in [-0.39, 0.29) is 18.0 Å². The maximum atomic E-state index is 12.6. The number of para-hydroxylation sites is 1. The zero-order chi connectivity index (χ0) is 14.5. The summed E-state index contributed by atoms with van der Waals surface area (Å²) in [5.41, 5.74) is 0.533. The zero-order valence-electron chi connectivity index (χ0n) is 11.4. The molecule has 20 heavy (non-hydrogen) atoms. The van der Waals surface area contributed by atoms with E-state index in [1.54, 1.807) is 25.3 Å². The van der Waals surface area contributed by atoms with Gasteiger partial charge in [0.2, 0.25) is 10.0 Å². The van der Waals surface area contributed by atoms with Gasteiger partial charge in [0.05, 0.1) is 11.1 Å². The Morgan fingerprint density at radius 1 is 1.35 bits per heavy atom. The number of benzene rings is 1. The largest absolute Gasteiger partial charge is 0.387 e. The molecule has 1 N–H and O–H groups in total. The molecule has 0 spiro atoms. The standard InChI is InChI=1S/C14H16N2O3S/c1-10-6-11-4-3-5-12(13(11)15-7-10)20(18,19)16-8-14(2,17)9-16/h3-7,17H,8-9H2,1-2H3. The van der Waals surface area contributed by atoms with E-state index in [2.05, 4.69) is 4.98 Å². The average Bonchev–Trinajstić information content (AvgIpc) is 2.34. The Balaban J connectivity index is 2.11. The fourth-order valence-corrected chi connectivity index (χ4v) is 4.31. The average molecular weight is 292 g/mol. The van der Waals surface area contributed by atoms with Gasteiger partial charge in [0.25, 0.3) is 0 Å². The Morgan fingerprint density at radius 3 is 2.70 bits per heavy atom. The summed E-state index contributed by atoms with van der Waals surface area (Å²) in [6, 6.07) is 7.04. The van der Waals surface area contributed by atoms with Gasteiger partial charge in [-0.25, -0.2) is 8.42 Å². The second-order valence-corrected chi connectivity index (χ2v) is 7.52. The quantitative estimate of drug-likeness (QED) is 0.905. The summed E-state index contributed by atoms with van der Waals surface area (Å²) >= 11 is 0. The van der Waals surface area contributed by atoms with Gasteiger partial charge < -0.3 is 5.11 Å². The highest BCUT2D eigenvalue weighted by atomic mass is 32.2. The van der Waals surface area contributed by atoms with Crippen LogP contribution < -0.4 is 0 Å². The van der Waals surface area contributed by atoms with Gasteiger partial charge in [-0.15, -0.1) is 0 Å². The van der Waals surface area contributed by atoms with E-state index in [4.69, 9.17) is 0 Å². The van der Waals surface area contributed by atoms with Gasteiger partial charge in [0.1, 0.15) is 4.90 Å². The Morgan fingerprint density at radius 2 is 2.05 bits per heavy atom. The van der Waals surface area contributed by atoms with Crippen molar-refractivity contribution in [2.24, 2.45) is 0 Å². The Bertz CT molecular complexity index is 776. The van der Waals surface area contributed by atoms with E-state index < -0.39 is 15.6 Å². The smallest absolute Gasteiger partial charge is 0.245 e. The Kier molecular flexibility index (Phi) is 2.86. The highest BCUT2D eigenvalue weighted by Gasteiger charge is 2.44. The van der Waals surface area contributed by atoms with Crippen LogP contribution in [0.4, 0.5) is 0 Å². The minimum absolute atomic E-state index is 0.123. The van der Waals surface area contributed by atoms with E-state index >= 15 is 0 Å².